The van der Waals surface area contributed by atoms with Crippen molar-refractivity contribution in [3.05, 3.63) is 114 Å². The molecule has 4 aromatic carbocycles. The lowest BCUT2D eigenvalue weighted by Crippen LogP contribution is -2.50. The molecule has 0 radical (unpaired) electrons. The molecular formula is C30H30O4. The number of rotatable bonds is 8. The zero-order valence-electron chi connectivity index (χ0n) is 19.4. The van der Waals surface area contributed by atoms with E-state index in [2.05, 4.69) is 48.5 Å². The van der Waals surface area contributed by atoms with Gasteiger partial charge in [0.05, 0.1) is 25.4 Å². The number of hydrogen-bond donors (Lipinski definition) is 0. The van der Waals surface area contributed by atoms with E-state index in [-0.39, 0.29) is 18.3 Å². The molecule has 4 heteroatoms. The molecule has 174 valence electrons. The van der Waals surface area contributed by atoms with Gasteiger partial charge < -0.3 is 18.9 Å². The topological polar surface area (TPSA) is 36.9 Å². The Morgan fingerprint density at radius 3 is 2.03 bits per heavy atom. The summed E-state index contributed by atoms with van der Waals surface area (Å²) in [6, 6.07) is 34.8. The third-order valence-corrected chi connectivity index (χ3v) is 6.20. The fourth-order valence-electron chi connectivity index (χ4n) is 4.42. The van der Waals surface area contributed by atoms with Crippen LogP contribution >= 0.6 is 0 Å². The summed E-state index contributed by atoms with van der Waals surface area (Å²) in [5.74, 6) is 0.793. The van der Waals surface area contributed by atoms with Crippen LogP contribution in [0, 0.1) is 0 Å². The average Bonchev–Trinajstić information content (AvgIpc) is 2.88. The molecule has 5 rings (SSSR count). The maximum absolute atomic E-state index is 6.39. The van der Waals surface area contributed by atoms with Gasteiger partial charge in [0, 0.05) is 6.42 Å². The lowest BCUT2D eigenvalue weighted by atomic mass is 10.0. The van der Waals surface area contributed by atoms with Crippen molar-refractivity contribution in [2.45, 2.75) is 51.2 Å². The molecule has 1 saturated heterocycles. The van der Waals surface area contributed by atoms with Crippen LogP contribution in [0.4, 0.5) is 0 Å². The minimum Gasteiger partial charge on any atom is -0.465 e. The van der Waals surface area contributed by atoms with Crippen LogP contribution in [0.2, 0.25) is 0 Å². The number of benzene rings is 4. The van der Waals surface area contributed by atoms with E-state index in [0.717, 1.165) is 22.3 Å². The van der Waals surface area contributed by atoms with Crippen LogP contribution in [0.1, 0.15) is 24.5 Å². The average molecular weight is 455 g/mol. The summed E-state index contributed by atoms with van der Waals surface area (Å²) in [5.41, 5.74) is 2.27. The first kappa shape index (κ1) is 22.6. The predicted molar refractivity (Wildman–Crippen MR) is 134 cm³/mol. The van der Waals surface area contributed by atoms with Crippen molar-refractivity contribution >= 4 is 10.8 Å². The van der Waals surface area contributed by atoms with Gasteiger partial charge in [-0.25, -0.2) is 0 Å². The van der Waals surface area contributed by atoms with Crippen molar-refractivity contribution < 1.29 is 18.9 Å². The fraction of sp³-hybridized carbons (Fsp3) is 0.267. The predicted octanol–water partition coefficient (Wildman–Crippen LogP) is 6.52. The summed E-state index contributed by atoms with van der Waals surface area (Å²) in [6.45, 7) is 3.07. The second-order valence-electron chi connectivity index (χ2n) is 8.73. The van der Waals surface area contributed by atoms with Crippen molar-refractivity contribution in [1.29, 1.82) is 0 Å². The molecule has 2 unspecified atom stereocenters. The molecule has 0 spiro atoms. The van der Waals surface area contributed by atoms with Crippen molar-refractivity contribution in [3.8, 4) is 5.75 Å². The highest BCUT2D eigenvalue weighted by Crippen LogP contribution is 2.30. The number of fused-ring (bicyclic) bond motifs is 1. The van der Waals surface area contributed by atoms with Crippen molar-refractivity contribution in [2.24, 2.45) is 0 Å². The van der Waals surface area contributed by atoms with E-state index in [1.54, 1.807) is 0 Å². The van der Waals surface area contributed by atoms with Crippen LogP contribution in [-0.2, 0) is 27.4 Å². The molecule has 0 N–H and O–H groups in total. The van der Waals surface area contributed by atoms with E-state index >= 15 is 0 Å². The molecule has 0 saturated carbocycles. The second kappa shape index (κ2) is 10.8. The Balaban J connectivity index is 1.29. The van der Waals surface area contributed by atoms with Gasteiger partial charge in [0.25, 0.3) is 0 Å². The van der Waals surface area contributed by atoms with Gasteiger partial charge in [0.1, 0.15) is 11.9 Å². The Hall–Kier alpha value is -3.18. The molecule has 4 aromatic rings. The van der Waals surface area contributed by atoms with Crippen LogP contribution in [0.3, 0.4) is 0 Å². The van der Waals surface area contributed by atoms with Gasteiger partial charge >= 0.3 is 0 Å². The van der Waals surface area contributed by atoms with Gasteiger partial charge in [-0.15, -0.1) is 0 Å². The van der Waals surface area contributed by atoms with Crippen LogP contribution in [0.15, 0.2) is 103 Å². The molecule has 4 atom stereocenters. The van der Waals surface area contributed by atoms with Crippen LogP contribution in [-0.4, -0.2) is 24.6 Å². The molecule has 0 bridgehead atoms. The number of hydrogen-bond acceptors (Lipinski definition) is 4. The van der Waals surface area contributed by atoms with Gasteiger partial charge in [-0.2, -0.15) is 0 Å². The molecule has 0 aliphatic carbocycles. The molecule has 34 heavy (non-hydrogen) atoms. The summed E-state index contributed by atoms with van der Waals surface area (Å²) in [4.78, 5) is 0. The van der Waals surface area contributed by atoms with E-state index in [1.165, 1.54) is 5.39 Å². The summed E-state index contributed by atoms with van der Waals surface area (Å²) < 4.78 is 25.3. The lowest BCUT2D eigenvalue weighted by molar-refractivity contribution is -0.243. The summed E-state index contributed by atoms with van der Waals surface area (Å²) >= 11 is 0. The molecule has 0 aromatic heterocycles. The summed E-state index contributed by atoms with van der Waals surface area (Å²) in [7, 11) is 0. The summed E-state index contributed by atoms with van der Waals surface area (Å²) in [6.07, 6.45) is -0.348. The molecular weight excluding hydrogens is 424 g/mol. The molecule has 4 nitrogen and oxygen atoms in total. The van der Waals surface area contributed by atoms with Gasteiger partial charge in [0.2, 0.25) is 6.29 Å². The normalized spacial score (nSPS) is 22.5. The van der Waals surface area contributed by atoms with Crippen LogP contribution in [0.5, 0.6) is 5.75 Å². The van der Waals surface area contributed by atoms with E-state index in [0.29, 0.717) is 19.6 Å². The van der Waals surface area contributed by atoms with E-state index < -0.39 is 6.29 Å². The van der Waals surface area contributed by atoms with Crippen molar-refractivity contribution in [3.63, 3.8) is 0 Å². The van der Waals surface area contributed by atoms with Gasteiger partial charge in [0.15, 0.2) is 0 Å². The third-order valence-electron chi connectivity index (χ3n) is 6.20. The Bertz CT molecular complexity index is 1180. The molecule has 1 fully saturated rings. The van der Waals surface area contributed by atoms with Gasteiger partial charge in [-0.05, 0) is 41.0 Å². The highest BCUT2D eigenvalue weighted by atomic mass is 16.7. The lowest BCUT2D eigenvalue weighted by Gasteiger charge is -2.40. The standard InChI is InChI=1S/C30H30O4/c1-22-30(32-21-24-12-6-3-7-13-24)28(31-20-23-10-4-2-5-11-23)19-29(33-22)34-27-17-16-25-14-8-9-15-26(25)18-27/h2-18,22,28-30H,19-21H2,1H3/t22?,28-,29-,30?/m1/s1. The largest absolute Gasteiger partial charge is 0.465 e. The zero-order chi connectivity index (χ0) is 23.2. The maximum atomic E-state index is 6.39. The zero-order valence-corrected chi connectivity index (χ0v) is 19.4. The van der Waals surface area contributed by atoms with Crippen LogP contribution < -0.4 is 4.74 Å². The van der Waals surface area contributed by atoms with Crippen LogP contribution in [0.25, 0.3) is 10.8 Å². The first-order valence-electron chi connectivity index (χ1n) is 11.9. The van der Waals surface area contributed by atoms with Gasteiger partial charge in [-0.1, -0.05) is 91.0 Å². The van der Waals surface area contributed by atoms with E-state index in [9.17, 15) is 0 Å². The second-order valence-corrected chi connectivity index (χ2v) is 8.73. The third kappa shape index (κ3) is 5.65. The first-order valence-corrected chi connectivity index (χ1v) is 11.9. The molecule has 1 heterocycles. The first-order chi connectivity index (χ1) is 16.7. The van der Waals surface area contributed by atoms with Crippen molar-refractivity contribution in [2.75, 3.05) is 0 Å². The Morgan fingerprint density at radius 1 is 0.706 bits per heavy atom. The summed E-state index contributed by atoms with van der Waals surface area (Å²) in [5, 5.41) is 2.33. The Kier molecular flexibility index (Phi) is 7.20. The molecule has 0 amide bonds. The number of ether oxygens (including phenoxy) is 4. The SMILES string of the molecule is CC1O[C@H](Oc2ccc3ccccc3c2)C[C@@H](OCc2ccccc2)C1OCc1ccccc1. The minimum atomic E-state index is -0.409. The minimum absolute atomic E-state index is 0.155. The quantitative estimate of drug-likeness (QED) is 0.304. The highest BCUT2D eigenvalue weighted by Gasteiger charge is 2.39. The smallest absolute Gasteiger partial charge is 0.202 e. The Morgan fingerprint density at radius 2 is 1.32 bits per heavy atom. The monoisotopic (exact) mass is 454 g/mol. The molecule has 1 aliphatic heterocycles. The van der Waals surface area contributed by atoms with E-state index in [1.807, 2.05) is 61.5 Å². The molecule has 1 aliphatic rings. The fourth-order valence-corrected chi connectivity index (χ4v) is 4.42. The Labute approximate surface area is 201 Å². The highest BCUT2D eigenvalue weighted by molar-refractivity contribution is 5.83. The van der Waals surface area contributed by atoms with Crippen molar-refractivity contribution in [1.82, 2.24) is 0 Å². The maximum Gasteiger partial charge on any atom is 0.202 e. The van der Waals surface area contributed by atoms with E-state index in [4.69, 9.17) is 18.9 Å². The van der Waals surface area contributed by atoms with Gasteiger partial charge in [-0.3, -0.25) is 0 Å².